The zero-order valence-corrected chi connectivity index (χ0v) is 8.52. The largest absolute Gasteiger partial charge is 0.392 e. The number of hydrogen-bond donors (Lipinski definition) is 2. The predicted molar refractivity (Wildman–Crippen MR) is 53.1 cm³/mol. The zero-order chi connectivity index (χ0) is 9.84. The van der Waals surface area contributed by atoms with E-state index in [1.807, 2.05) is 13.0 Å². The number of carbonyl (C=O) groups is 1. The molecule has 1 aromatic rings. The Labute approximate surface area is 81.4 Å². The van der Waals surface area contributed by atoms with E-state index in [0.29, 0.717) is 11.4 Å². The number of aliphatic hydroxyl groups excluding tert-OH is 1. The van der Waals surface area contributed by atoms with Crippen molar-refractivity contribution in [3.05, 3.63) is 21.9 Å². The second-order valence-electron chi connectivity index (χ2n) is 2.97. The van der Waals surface area contributed by atoms with Crippen LogP contribution in [0.15, 0.2) is 12.1 Å². The van der Waals surface area contributed by atoms with Gasteiger partial charge in [0, 0.05) is 11.4 Å². The molecule has 0 aliphatic rings. The fourth-order valence-corrected chi connectivity index (χ4v) is 1.67. The van der Waals surface area contributed by atoms with Crippen LogP contribution >= 0.6 is 11.3 Å². The maximum atomic E-state index is 11.4. The Morgan fingerprint density at radius 3 is 2.85 bits per heavy atom. The normalized spacial score (nSPS) is 12.5. The molecule has 0 radical (unpaired) electrons. The van der Waals surface area contributed by atoms with Gasteiger partial charge in [0.1, 0.15) is 0 Å². The SMILES string of the molecule is Cc1ccc(C(=O)NCC(C)O)s1. The van der Waals surface area contributed by atoms with Gasteiger partial charge in [-0.1, -0.05) is 0 Å². The first-order valence-electron chi connectivity index (χ1n) is 4.12. The van der Waals surface area contributed by atoms with Gasteiger partial charge in [0.25, 0.3) is 5.91 Å². The molecule has 2 N–H and O–H groups in total. The number of hydrogen-bond acceptors (Lipinski definition) is 3. The highest BCUT2D eigenvalue weighted by atomic mass is 32.1. The van der Waals surface area contributed by atoms with Crippen LogP contribution in [-0.2, 0) is 0 Å². The van der Waals surface area contributed by atoms with Gasteiger partial charge in [-0.05, 0) is 26.0 Å². The third-order valence-corrected chi connectivity index (χ3v) is 2.52. The minimum Gasteiger partial charge on any atom is -0.392 e. The highest BCUT2D eigenvalue weighted by Gasteiger charge is 2.07. The van der Waals surface area contributed by atoms with Gasteiger partial charge in [-0.15, -0.1) is 11.3 Å². The molecule has 0 spiro atoms. The standard InChI is InChI=1S/C9H13NO2S/c1-6(11)5-10-9(12)8-4-3-7(2)13-8/h3-4,6,11H,5H2,1-2H3,(H,10,12). The molecular formula is C9H13NO2S. The van der Waals surface area contributed by atoms with Gasteiger partial charge >= 0.3 is 0 Å². The van der Waals surface area contributed by atoms with Crippen LogP contribution in [0.25, 0.3) is 0 Å². The first-order valence-corrected chi connectivity index (χ1v) is 4.94. The van der Waals surface area contributed by atoms with Crippen molar-refractivity contribution in [1.82, 2.24) is 5.32 Å². The van der Waals surface area contributed by atoms with Crippen molar-refractivity contribution in [2.75, 3.05) is 6.54 Å². The number of carbonyl (C=O) groups excluding carboxylic acids is 1. The van der Waals surface area contributed by atoms with E-state index in [-0.39, 0.29) is 5.91 Å². The molecule has 1 heterocycles. The Balaban J connectivity index is 2.49. The molecule has 0 aromatic carbocycles. The van der Waals surface area contributed by atoms with Gasteiger partial charge in [0.05, 0.1) is 11.0 Å². The van der Waals surface area contributed by atoms with Crippen LogP contribution in [0.2, 0.25) is 0 Å². The van der Waals surface area contributed by atoms with Crippen molar-refractivity contribution in [2.45, 2.75) is 20.0 Å². The smallest absolute Gasteiger partial charge is 0.261 e. The van der Waals surface area contributed by atoms with Gasteiger partial charge < -0.3 is 10.4 Å². The van der Waals surface area contributed by atoms with E-state index in [9.17, 15) is 4.79 Å². The number of aryl methyl sites for hydroxylation is 1. The molecule has 72 valence electrons. The molecule has 1 amide bonds. The second kappa shape index (κ2) is 4.39. The molecule has 0 fully saturated rings. The summed E-state index contributed by atoms with van der Waals surface area (Å²) in [6.45, 7) is 3.89. The molecule has 0 aliphatic carbocycles. The number of amides is 1. The molecule has 0 saturated heterocycles. The molecule has 0 aliphatic heterocycles. The summed E-state index contributed by atoms with van der Waals surface area (Å²) in [7, 11) is 0. The summed E-state index contributed by atoms with van der Waals surface area (Å²) in [4.78, 5) is 13.2. The summed E-state index contributed by atoms with van der Waals surface area (Å²) in [5.41, 5.74) is 0. The summed E-state index contributed by atoms with van der Waals surface area (Å²) >= 11 is 1.45. The Bertz CT molecular complexity index is 294. The van der Waals surface area contributed by atoms with Crippen LogP contribution in [-0.4, -0.2) is 23.7 Å². The van der Waals surface area contributed by atoms with Crippen molar-refractivity contribution >= 4 is 17.2 Å². The number of rotatable bonds is 3. The second-order valence-corrected chi connectivity index (χ2v) is 4.26. The maximum Gasteiger partial charge on any atom is 0.261 e. The zero-order valence-electron chi connectivity index (χ0n) is 7.70. The Morgan fingerprint density at radius 2 is 2.38 bits per heavy atom. The van der Waals surface area contributed by atoms with Gasteiger partial charge in [-0.25, -0.2) is 0 Å². The van der Waals surface area contributed by atoms with Crippen LogP contribution < -0.4 is 5.32 Å². The highest BCUT2D eigenvalue weighted by Crippen LogP contribution is 2.14. The third kappa shape index (κ3) is 3.16. The van der Waals surface area contributed by atoms with E-state index in [1.165, 1.54) is 11.3 Å². The lowest BCUT2D eigenvalue weighted by atomic mass is 10.4. The lowest BCUT2D eigenvalue weighted by Crippen LogP contribution is -2.29. The van der Waals surface area contributed by atoms with Gasteiger partial charge in [0.2, 0.25) is 0 Å². The van der Waals surface area contributed by atoms with Crippen molar-refractivity contribution in [2.24, 2.45) is 0 Å². The molecule has 3 nitrogen and oxygen atoms in total. The molecule has 1 rings (SSSR count). The fraction of sp³-hybridized carbons (Fsp3) is 0.444. The van der Waals surface area contributed by atoms with Crippen LogP contribution in [0.4, 0.5) is 0 Å². The molecule has 1 unspecified atom stereocenters. The lowest BCUT2D eigenvalue weighted by molar-refractivity contribution is 0.0928. The minimum absolute atomic E-state index is 0.112. The predicted octanol–water partition coefficient (Wildman–Crippen LogP) is 1.17. The van der Waals surface area contributed by atoms with Crippen molar-refractivity contribution in [3.63, 3.8) is 0 Å². The summed E-state index contributed by atoms with van der Waals surface area (Å²) in [5, 5.41) is 11.6. The number of thiophene rings is 1. The van der Waals surface area contributed by atoms with E-state index < -0.39 is 6.10 Å². The Morgan fingerprint density at radius 1 is 1.69 bits per heavy atom. The molecule has 1 atom stereocenters. The van der Waals surface area contributed by atoms with E-state index in [0.717, 1.165) is 4.88 Å². The molecule has 0 saturated carbocycles. The Hall–Kier alpha value is -0.870. The average molecular weight is 199 g/mol. The monoisotopic (exact) mass is 199 g/mol. The molecule has 0 bridgehead atoms. The lowest BCUT2D eigenvalue weighted by Gasteiger charge is -2.04. The number of nitrogens with one attached hydrogen (secondary N) is 1. The topological polar surface area (TPSA) is 49.3 Å². The average Bonchev–Trinajstić information content (AvgIpc) is 2.47. The van der Waals surface area contributed by atoms with Crippen LogP contribution in [0, 0.1) is 6.92 Å². The van der Waals surface area contributed by atoms with Crippen LogP contribution in [0.1, 0.15) is 21.5 Å². The summed E-state index contributed by atoms with van der Waals surface area (Å²) in [5.74, 6) is -0.112. The van der Waals surface area contributed by atoms with E-state index in [1.54, 1.807) is 13.0 Å². The summed E-state index contributed by atoms with van der Waals surface area (Å²) < 4.78 is 0. The van der Waals surface area contributed by atoms with Gasteiger partial charge in [-0.3, -0.25) is 4.79 Å². The van der Waals surface area contributed by atoms with E-state index >= 15 is 0 Å². The first kappa shape index (κ1) is 10.2. The molecular weight excluding hydrogens is 186 g/mol. The van der Waals surface area contributed by atoms with Crippen molar-refractivity contribution < 1.29 is 9.90 Å². The summed E-state index contributed by atoms with van der Waals surface area (Å²) in [6, 6.07) is 3.69. The first-order chi connectivity index (χ1) is 6.09. The summed E-state index contributed by atoms with van der Waals surface area (Å²) in [6.07, 6.45) is -0.495. The molecule has 1 aromatic heterocycles. The third-order valence-electron chi connectivity index (χ3n) is 1.52. The van der Waals surface area contributed by atoms with Gasteiger partial charge in [0.15, 0.2) is 0 Å². The van der Waals surface area contributed by atoms with Crippen LogP contribution in [0.3, 0.4) is 0 Å². The van der Waals surface area contributed by atoms with Crippen molar-refractivity contribution in [3.8, 4) is 0 Å². The van der Waals surface area contributed by atoms with E-state index in [2.05, 4.69) is 5.32 Å². The van der Waals surface area contributed by atoms with Crippen molar-refractivity contribution in [1.29, 1.82) is 0 Å². The van der Waals surface area contributed by atoms with E-state index in [4.69, 9.17) is 5.11 Å². The highest BCUT2D eigenvalue weighted by molar-refractivity contribution is 7.13. The fourth-order valence-electron chi connectivity index (χ4n) is 0.884. The minimum atomic E-state index is -0.495. The van der Waals surface area contributed by atoms with Crippen LogP contribution in [0.5, 0.6) is 0 Å². The maximum absolute atomic E-state index is 11.4. The molecule has 13 heavy (non-hydrogen) atoms. The van der Waals surface area contributed by atoms with Gasteiger partial charge in [-0.2, -0.15) is 0 Å². The molecule has 4 heteroatoms. The number of aliphatic hydroxyl groups is 1. The Kier molecular flexibility index (Phi) is 3.45. The quantitative estimate of drug-likeness (QED) is 0.767.